The van der Waals surface area contributed by atoms with E-state index in [-0.39, 0.29) is 9.92 Å². The highest BCUT2D eigenvalue weighted by molar-refractivity contribution is 7.89. The minimum Gasteiger partial charge on any atom is -0.211 e. The molecule has 78 valence electrons. The van der Waals surface area contributed by atoms with Crippen LogP contribution in [0.1, 0.15) is 12.5 Å². The monoisotopic (exact) mass is 233 g/mol. The van der Waals surface area contributed by atoms with Crippen molar-refractivity contribution in [2.75, 3.05) is 6.54 Å². The summed E-state index contributed by atoms with van der Waals surface area (Å²) in [6, 6.07) is 4.91. The number of halogens is 1. The SMILES string of the molecule is CCNS(=O)(=O)c1cc(C)ccc1Cl. The summed E-state index contributed by atoms with van der Waals surface area (Å²) >= 11 is 5.80. The first-order chi connectivity index (χ1) is 6.47. The van der Waals surface area contributed by atoms with Crippen LogP contribution in [0.15, 0.2) is 23.1 Å². The van der Waals surface area contributed by atoms with Crippen LogP contribution in [0.5, 0.6) is 0 Å². The van der Waals surface area contributed by atoms with Crippen LogP contribution in [-0.4, -0.2) is 15.0 Å². The molecule has 1 N–H and O–H groups in total. The molecule has 0 heterocycles. The van der Waals surface area contributed by atoms with E-state index in [9.17, 15) is 8.42 Å². The zero-order valence-corrected chi connectivity index (χ0v) is 9.61. The molecule has 0 unspecified atom stereocenters. The van der Waals surface area contributed by atoms with Crippen LogP contribution >= 0.6 is 11.6 Å². The van der Waals surface area contributed by atoms with Crippen molar-refractivity contribution in [2.45, 2.75) is 18.7 Å². The van der Waals surface area contributed by atoms with Crippen LogP contribution in [0.2, 0.25) is 5.02 Å². The van der Waals surface area contributed by atoms with E-state index in [2.05, 4.69) is 4.72 Å². The number of aryl methyl sites for hydroxylation is 1. The first kappa shape index (κ1) is 11.5. The topological polar surface area (TPSA) is 46.2 Å². The Balaban J connectivity index is 3.25. The molecule has 0 atom stereocenters. The second kappa shape index (κ2) is 4.29. The van der Waals surface area contributed by atoms with Crippen LogP contribution in [-0.2, 0) is 10.0 Å². The van der Waals surface area contributed by atoms with Gasteiger partial charge < -0.3 is 0 Å². The van der Waals surface area contributed by atoms with Crippen LogP contribution < -0.4 is 4.72 Å². The highest BCUT2D eigenvalue weighted by Gasteiger charge is 2.16. The van der Waals surface area contributed by atoms with Crippen molar-refractivity contribution in [2.24, 2.45) is 0 Å². The van der Waals surface area contributed by atoms with Gasteiger partial charge in [0.1, 0.15) is 4.90 Å². The van der Waals surface area contributed by atoms with Gasteiger partial charge in [0.25, 0.3) is 0 Å². The predicted octanol–water partition coefficient (Wildman–Crippen LogP) is 1.95. The van der Waals surface area contributed by atoms with Gasteiger partial charge in [-0.1, -0.05) is 24.6 Å². The second-order valence-electron chi connectivity index (χ2n) is 2.94. The van der Waals surface area contributed by atoms with Gasteiger partial charge in [0.2, 0.25) is 10.0 Å². The van der Waals surface area contributed by atoms with Gasteiger partial charge in [-0.05, 0) is 24.6 Å². The Morgan fingerprint density at radius 1 is 1.43 bits per heavy atom. The van der Waals surface area contributed by atoms with E-state index < -0.39 is 10.0 Å². The lowest BCUT2D eigenvalue weighted by Gasteiger charge is -2.06. The molecule has 0 aliphatic rings. The Morgan fingerprint density at radius 2 is 2.07 bits per heavy atom. The summed E-state index contributed by atoms with van der Waals surface area (Å²) in [6.45, 7) is 3.90. The molecule has 1 aromatic carbocycles. The number of sulfonamides is 1. The number of benzene rings is 1. The summed E-state index contributed by atoms with van der Waals surface area (Å²) in [6.07, 6.45) is 0. The Hall–Kier alpha value is -0.580. The maximum Gasteiger partial charge on any atom is 0.242 e. The van der Waals surface area contributed by atoms with Crippen molar-refractivity contribution in [3.05, 3.63) is 28.8 Å². The Bertz CT molecular complexity index is 428. The molecule has 0 saturated carbocycles. The normalized spacial score (nSPS) is 11.6. The number of nitrogens with one attached hydrogen (secondary N) is 1. The van der Waals surface area contributed by atoms with Crippen molar-refractivity contribution in [3.63, 3.8) is 0 Å². The molecule has 14 heavy (non-hydrogen) atoms. The van der Waals surface area contributed by atoms with Crippen LogP contribution in [0.3, 0.4) is 0 Å². The first-order valence-electron chi connectivity index (χ1n) is 4.23. The van der Waals surface area contributed by atoms with E-state index in [1.54, 1.807) is 25.1 Å². The van der Waals surface area contributed by atoms with Crippen LogP contribution in [0, 0.1) is 6.92 Å². The van der Waals surface area contributed by atoms with E-state index in [1.807, 2.05) is 6.92 Å². The zero-order valence-electron chi connectivity index (χ0n) is 8.04. The maximum absolute atomic E-state index is 11.6. The smallest absolute Gasteiger partial charge is 0.211 e. The predicted molar refractivity (Wildman–Crippen MR) is 57.1 cm³/mol. The van der Waals surface area contributed by atoms with E-state index in [1.165, 1.54) is 0 Å². The molecule has 1 rings (SSSR count). The third-order valence-electron chi connectivity index (χ3n) is 1.71. The number of rotatable bonds is 3. The molecular formula is C9H12ClNO2S. The molecule has 0 amide bonds. The summed E-state index contributed by atoms with van der Waals surface area (Å²) < 4.78 is 25.6. The van der Waals surface area contributed by atoms with Gasteiger partial charge in [-0.3, -0.25) is 0 Å². The molecule has 0 radical (unpaired) electrons. The van der Waals surface area contributed by atoms with Gasteiger partial charge >= 0.3 is 0 Å². The molecular weight excluding hydrogens is 222 g/mol. The quantitative estimate of drug-likeness (QED) is 0.868. The molecule has 0 saturated heterocycles. The van der Waals surface area contributed by atoms with Gasteiger partial charge in [-0.25, -0.2) is 13.1 Å². The van der Waals surface area contributed by atoms with Gasteiger partial charge in [0.15, 0.2) is 0 Å². The fourth-order valence-corrected chi connectivity index (χ4v) is 2.71. The molecule has 3 nitrogen and oxygen atoms in total. The lowest BCUT2D eigenvalue weighted by molar-refractivity contribution is 0.584. The Morgan fingerprint density at radius 3 is 2.64 bits per heavy atom. The standard InChI is InChI=1S/C9H12ClNO2S/c1-3-11-14(12,13)9-6-7(2)4-5-8(9)10/h4-6,11H,3H2,1-2H3. The van der Waals surface area contributed by atoms with Crippen LogP contribution in [0.25, 0.3) is 0 Å². The summed E-state index contributed by atoms with van der Waals surface area (Å²) in [5.74, 6) is 0. The number of hydrogen-bond donors (Lipinski definition) is 1. The molecule has 0 aliphatic carbocycles. The summed E-state index contributed by atoms with van der Waals surface area (Å²) in [4.78, 5) is 0.140. The van der Waals surface area contributed by atoms with E-state index in [0.29, 0.717) is 6.54 Å². The van der Waals surface area contributed by atoms with Crippen molar-refractivity contribution in [3.8, 4) is 0 Å². The fourth-order valence-electron chi connectivity index (χ4n) is 1.08. The lowest BCUT2D eigenvalue weighted by atomic mass is 10.2. The maximum atomic E-state index is 11.6. The molecule has 0 bridgehead atoms. The third-order valence-corrected chi connectivity index (χ3v) is 3.74. The number of hydrogen-bond acceptors (Lipinski definition) is 2. The van der Waals surface area contributed by atoms with Gasteiger partial charge in [-0.15, -0.1) is 0 Å². The molecule has 0 aromatic heterocycles. The average molecular weight is 234 g/mol. The summed E-state index contributed by atoms with van der Waals surface area (Å²) in [7, 11) is -3.45. The van der Waals surface area contributed by atoms with Crippen LogP contribution in [0.4, 0.5) is 0 Å². The third kappa shape index (κ3) is 2.47. The highest BCUT2D eigenvalue weighted by atomic mass is 35.5. The molecule has 0 fully saturated rings. The lowest BCUT2D eigenvalue weighted by Crippen LogP contribution is -2.23. The van der Waals surface area contributed by atoms with Gasteiger partial charge in [-0.2, -0.15) is 0 Å². The molecule has 0 spiro atoms. The summed E-state index contributed by atoms with van der Waals surface area (Å²) in [5.41, 5.74) is 0.867. The van der Waals surface area contributed by atoms with E-state index in [0.717, 1.165) is 5.56 Å². The minimum absolute atomic E-state index is 0.140. The van der Waals surface area contributed by atoms with Gasteiger partial charge in [0.05, 0.1) is 5.02 Å². The summed E-state index contributed by atoms with van der Waals surface area (Å²) in [5, 5.41) is 0.247. The van der Waals surface area contributed by atoms with E-state index in [4.69, 9.17) is 11.6 Å². The second-order valence-corrected chi connectivity index (χ2v) is 5.08. The molecule has 5 heteroatoms. The minimum atomic E-state index is -3.45. The van der Waals surface area contributed by atoms with Crippen molar-refractivity contribution >= 4 is 21.6 Å². The Labute approximate surface area is 89.1 Å². The van der Waals surface area contributed by atoms with Gasteiger partial charge in [0, 0.05) is 6.54 Å². The largest absolute Gasteiger partial charge is 0.242 e. The Kier molecular flexibility index (Phi) is 3.53. The van der Waals surface area contributed by atoms with E-state index >= 15 is 0 Å². The van der Waals surface area contributed by atoms with Crippen molar-refractivity contribution in [1.82, 2.24) is 4.72 Å². The zero-order chi connectivity index (χ0) is 10.8. The molecule has 0 aliphatic heterocycles. The fraction of sp³-hybridized carbons (Fsp3) is 0.333. The van der Waals surface area contributed by atoms with Crippen molar-refractivity contribution in [1.29, 1.82) is 0 Å². The average Bonchev–Trinajstić information content (AvgIpc) is 2.09. The van der Waals surface area contributed by atoms with Crippen molar-refractivity contribution < 1.29 is 8.42 Å². The highest BCUT2D eigenvalue weighted by Crippen LogP contribution is 2.21. The molecule has 1 aromatic rings. The first-order valence-corrected chi connectivity index (χ1v) is 6.09.